The highest BCUT2D eigenvalue weighted by Crippen LogP contribution is 2.29. The van der Waals surface area contributed by atoms with E-state index in [1.165, 1.54) is 0 Å². The lowest BCUT2D eigenvalue weighted by molar-refractivity contribution is 0.100. The molecule has 2 N–H and O–H groups in total. The smallest absolute Gasteiger partial charge is 0.258 e. The summed E-state index contributed by atoms with van der Waals surface area (Å²) in [5, 5.41) is 0. The second-order valence-corrected chi connectivity index (χ2v) is 7.22. The van der Waals surface area contributed by atoms with Crippen molar-refractivity contribution in [1.82, 2.24) is 14.3 Å². The maximum Gasteiger partial charge on any atom is 0.258 e. The molecule has 6 heteroatoms. The van der Waals surface area contributed by atoms with E-state index in [4.69, 9.17) is 5.73 Å². The zero-order valence-electron chi connectivity index (χ0n) is 15.3. The Hall–Kier alpha value is -2.99. The van der Waals surface area contributed by atoms with Gasteiger partial charge in [0.2, 0.25) is 5.91 Å². The molecule has 138 valence electrons. The molecule has 0 spiro atoms. The lowest BCUT2D eigenvalue weighted by atomic mass is 10.1. The molecule has 1 fully saturated rings. The van der Waals surface area contributed by atoms with Gasteiger partial charge in [-0.05, 0) is 49.1 Å². The number of benzene rings is 1. The molecule has 1 saturated carbocycles. The monoisotopic (exact) mass is 362 g/mol. The van der Waals surface area contributed by atoms with Gasteiger partial charge in [0.1, 0.15) is 5.65 Å². The van der Waals surface area contributed by atoms with Crippen LogP contribution in [-0.2, 0) is 13.1 Å². The van der Waals surface area contributed by atoms with E-state index < -0.39 is 5.91 Å². The minimum atomic E-state index is -0.420. The molecule has 0 aliphatic heterocycles. The van der Waals surface area contributed by atoms with Crippen LogP contribution < -0.4 is 11.3 Å². The third-order valence-corrected chi connectivity index (χ3v) is 4.91. The number of amides is 1. The SMILES string of the molecule is Cc1ccc2nc(CN(Cc3ccc(C(N)=O)cc3)C3CC3)cc(=O)n2c1. The third-order valence-electron chi connectivity index (χ3n) is 4.91. The predicted octanol–water partition coefficient (Wildman–Crippen LogP) is 2.27. The van der Waals surface area contributed by atoms with Crippen LogP contribution in [0.15, 0.2) is 53.5 Å². The van der Waals surface area contributed by atoms with E-state index >= 15 is 0 Å². The molecule has 1 aromatic carbocycles. The van der Waals surface area contributed by atoms with Crippen LogP contribution in [0.25, 0.3) is 5.65 Å². The summed E-state index contributed by atoms with van der Waals surface area (Å²) in [6.45, 7) is 3.33. The van der Waals surface area contributed by atoms with Crippen LogP contribution in [0.1, 0.15) is 40.0 Å². The Morgan fingerprint density at radius 2 is 1.93 bits per heavy atom. The number of pyridine rings is 1. The van der Waals surface area contributed by atoms with Crippen molar-refractivity contribution in [2.24, 2.45) is 5.73 Å². The minimum absolute atomic E-state index is 0.0553. The summed E-state index contributed by atoms with van der Waals surface area (Å²) in [6, 6.07) is 13.4. The van der Waals surface area contributed by atoms with E-state index in [9.17, 15) is 9.59 Å². The molecular formula is C21H22N4O2. The van der Waals surface area contributed by atoms with Gasteiger partial charge in [-0.3, -0.25) is 18.9 Å². The van der Waals surface area contributed by atoms with Crippen molar-refractivity contribution in [2.75, 3.05) is 0 Å². The lowest BCUT2D eigenvalue weighted by Crippen LogP contribution is -2.27. The summed E-state index contributed by atoms with van der Waals surface area (Å²) in [6.07, 6.45) is 4.13. The van der Waals surface area contributed by atoms with Crippen LogP contribution >= 0.6 is 0 Å². The fourth-order valence-corrected chi connectivity index (χ4v) is 3.31. The number of nitrogens with zero attached hydrogens (tertiary/aromatic N) is 3. The third kappa shape index (κ3) is 3.90. The van der Waals surface area contributed by atoms with Crippen molar-refractivity contribution in [2.45, 2.75) is 38.9 Å². The zero-order valence-corrected chi connectivity index (χ0v) is 15.3. The van der Waals surface area contributed by atoms with Gasteiger partial charge in [-0.1, -0.05) is 18.2 Å². The van der Waals surface area contributed by atoms with E-state index in [0.29, 0.717) is 23.8 Å². The fraction of sp³-hybridized carbons (Fsp3) is 0.286. The van der Waals surface area contributed by atoms with E-state index in [-0.39, 0.29) is 5.56 Å². The summed E-state index contributed by atoms with van der Waals surface area (Å²) in [7, 11) is 0. The maximum atomic E-state index is 12.4. The van der Waals surface area contributed by atoms with Gasteiger partial charge in [-0.25, -0.2) is 4.98 Å². The average molecular weight is 362 g/mol. The van der Waals surface area contributed by atoms with Crippen molar-refractivity contribution in [3.8, 4) is 0 Å². The fourth-order valence-electron chi connectivity index (χ4n) is 3.31. The van der Waals surface area contributed by atoms with E-state index in [1.54, 1.807) is 22.6 Å². The first-order valence-electron chi connectivity index (χ1n) is 9.11. The van der Waals surface area contributed by atoms with Crippen LogP contribution in [0, 0.1) is 6.92 Å². The first kappa shape index (κ1) is 17.4. The Morgan fingerprint density at radius 3 is 2.59 bits per heavy atom. The molecule has 1 amide bonds. The van der Waals surface area contributed by atoms with Crippen LogP contribution in [0.5, 0.6) is 0 Å². The summed E-state index contributed by atoms with van der Waals surface area (Å²) in [4.78, 5) is 30.7. The van der Waals surface area contributed by atoms with Crippen molar-refractivity contribution >= 4 is 11.6 Å². The van der Waals surface area contributed by atoms with Crippen LogP contribution in [-0.4, -0.2) is 26.2 Å². The Balaban J connectivity index is 1.57. The number of carbonyl (C=O) groups is 1. The van der Waals surface area contributed by atoms with Crippen molar-refractivity contribution in [1.29, 1.82) is 0 Å². The second-order valence-electron chi connectivity index (χ2n) is 7.22. The number of hydrogen-bond donors (Lipinski definition) is 1. The number of aromatic nitrogens is 2. The van der Waals surface area contributed by atoms with Crippen LogP contribution in [0.2, 0.25) is 0 Å². The maximum absolute atomic E-state index is 12.4. The number of rotatable bonds is 6. The molecule has 1 aliphatic carbocycles. The summed E-state index contributed by atoms with van der Waals surface area (Å²) in [5.41, 5.74) is 9.35. The number of fused-ring (bicyclic) bond motifs is 1. The Morgan fingerprint density at radius 1 is 1.19 bits per heavy atom. The van der Waals surface area contributed by atoms with Gasteiger partial charge >= 0.3 is 0 Å². The molecule has 27 heavy (non-hydrogen) atoms. The molecule has 2 aromatic heterocycles. The van der Waals surface area contributed by atoms with Gasteiger partial charge in [0.05, 0.1) is 5.69 Å². The molecule has 6 nitrogen and oxygen atoms in total. The average Bonchev–Trinajstić information content (AvgIpc) is 3.47. The van der Waals surface area contributed by atoms with Gasteiger partial charge in [0, 0.05) is 37.0 Å². The van der Waals surface area contributed by atoms with Gasteiger partial charge in [-0.15, -0.1) is 0 Å². The molecule has 2 heterocycles. The Kier molecular flexibility index (Phi) is 4.49. The largest absolute Gasteiger partial charge is 0.366 e. The summed E-state index contributed by atoms with van der Waals surface area (Å²) in [5.74, 6) is -0.420. The molecular weight excluding hydrogens is 340 g/mol. The van der Waals surface area contributed by atoms with Crippen molar-refractivity contribution < 1.29 is 4.79 Å². The van der Waals surface area contributed by atoms with Crippen molar-refractivity contribution in [3.63, 3.8) is 0 Å². The first-order chi connectivity index (χ1) is 13.0. The number of aryl methyl sites for hydroxylation is 1. The molecule has 0 saturated heterocycles. The first-order valence-corrected chi connectivity index (χ1v) is 9.11. The molecule has 3 aromatic rings. The van der Waals surface area contributed by atoms with E-state index in [1.807, 2.05) is 37.4 Å². The Bertz CT molecular complexity index is 1050. The zero-order chi connectivity index (χ0) is 19.0. The van der Waals surface area contributed by atoms with Gasteiger partial charge in [0.15, 0.2) is 0 Å². The summed E-state index contributed by atoms with van der Waals surface area (Å²) < 4.78 is 1.59. The van der Waals surface area contributed by atoms with E-state index in [2.05, 4.69) is 9.88 Å². The lowest BCUT2D eigenvalue weighted by Gasteiger charge is -2.22. The van der Waals surface area contributed by atoms with Gasteiger partial charge in [-0.2, -0.15) is 0 Å². The standard InChI is InChI=1S/C21H22N4O2/c1-14-2-9-19-23-17(10-20(26)25(19)11-14)13-24(18-7-8-18)12-15-3-5-16(6-4-15)21(22)27/h2-6,9-11,18H,7-8,12-13H2,1H3,(H2,22,27). The predicted molar refractivity (Wildman–Crippen MR) is 103 cm³/mol. The molecule has 0 radical (unpaired) electrons. The van der Waals surface area contributed by atoms with Crippen LogP contribution in [0.4, 0.5) is 0 Å². The summed E-state index contributed by atoms with van der Waals surface area (Å²) >= 11 is 0. The number of nitrogens with two attached hydrogens (primary N) is 1. The normalized spacial score (nSPS) is 14.0. The molecule has 4 rings (SSSR count). The highest BCUT2D eigenvalue weighted by Gasteiger charge is 2.29. The Labute approximate surface area is 157 Å². The molecule has 0 unspecified atom stereocenters. The highest BCUT2D eigenvalue weighted by atomic mass is 16.1. The second kappa shape index (κ2) is 6.96. The topological polar surface area (TPSA) is 80.7 Å². The molecule has 1 aliphatic rings. The number of primary amides is 1. The molecule has 0 atom stereocenters. The van der Waals surface area contributed by atoms with Crippen molar-refractivity contribution in [3.05, 3.63) is 81.4 Å². The number of hydrogen-bond acceptors (Lipinski definition) is 4. The highest BCUT2D eigenvalue weighted by molar-refractivity contribution is 5.92. The van der Waals surface area contributed by atoms with Gasteiger partial charge < -0.3 is 5.73 Å². The minimum Gasteiger partial charge on any atom is -0.366 e. The van der Waals surface area contributed by atoms with Crippen LogP contribution in [0.3, 0.4) is 0 Å². The number of carbonyl (C=O) groups excluding carboxylic acids is 1. The van der Waals surface area contributed by atoms with E-state index in [0.717, 1.165) is 36.2 Å². The quantitative estimate of drug-likeness (QED) is 0.729. The van der Waals surface area contributed by atoms with Gasteiger partial charge in [0.25, 0.3) is 5.56 Å². The molecule has 0 bridgehead atoms.